The average Bonchev–Trinajstić information content (AvgIpc) is 3.49. The molecule has 1 heterocycles. The number of sulfonamides is 1. The molecule has 1 atom stereocenters. The Morgan fingerprint density at radius 3 is 2.60 bits per heavy atom. The van der Waals surface area contributed by atoms with Crippen LogP contribution in [-0.2, 0) is 39.0 Å². The molecular formula is C30H31N3O6S. The monoisotopic (exact) mass is 561 g/mol. The molecular weight excluding hydrogens is 530 g/mol. The number of hydrogen-bond donors (Lipinski definition) is 2. The molecule has 10 heteroatoms. The second kappa shape index (κ2) is 10.8. The van der Waals surface area contributed by atoms with Gasteiger partial charge >= 0.3 is 0 Å². The number of ketones is 1. The van der Waals surface area contributed by atoms with Crippen molar-refractivity contribution in [3.63, 3.8) is 0 Å². The van der Waals surface area contributed by atoms with Crippen molar-refractivity contribution in [1.82, 2.24) is 9.29 Å². The van der Waals surface area contributed by atoms with E-state index in [1.165, 1.54) is 12.1 Å². The van der Waals surface area contributed by atoms with Crippen molar-refractivity contribution in [2.75, 3.05) is 6.61 Å². The molecule has 0 spiro atoms. The van der Waals surface area contributed by atoms with Gasteiger partial charge in [-0.3, -0.25) is 14.4 Å². The molecule has 0 saturated heterocycles. The lowest BCUT2D eigenvalue weighted by atomic mass is 9.98. The third-order valence-electron chi connectivity index (χ3n) is 7.41. The molecule has 9 nitrogen and oxygen atoms in total. The minimum atomic E-state index is -4.08. The number of aromatic nitrogens is 1. The van der Waals surface area contributed by atoms with Gasteiger partial charge in [0.2, 0.25) is 0 Å². The average molecular weight is 562 g/mol. The number of carbonyl (C=O) groups is 3. The van der Waals surface area contributed by atoms with Gasteiger partial charge in [0, 0.05) is 12.2 Å². The summed E-state index contributed by atoms with van der Waals surface area (Å²) in [7, 11) is -4.08. The third-order valence-corrected chi connectivity index (χ3v) is 8.80. The van der Waals surface area contributed by atoms with Crippen molar-refractivity contribution >= 4 is 38.5 Å². The lowest BCUT2D eigenvalue weighted by Gasteiger charge is -2.17. The summed E-state index contributed by atoms with van der Waals surface area (Å²) in [6, 6.07) is 9.33. The van der Waals surface area contributed by atoms with E-state index in [0.717, 1.165) is 47.9 Å². The summed E-state index contributed by atoms with van der Waals surface area (Å²) in [5.74, 6) is -2.20. The van der Waals surface area contributed by atoms with Gasteiger partial charge in [0.15, 0.2) is 6.61 Å². The highest BCUT2D eigenvalue weighted by Crippen LogP contribution is 2.42. The number of hydrogen-bond acceptors (Lipinski definition) is 6. The Labute approximate surface area is 232 Å². The number of nitrogens with one attached hydrogen (secondary N) is 1. The quantitative estimate of drug-likeness (QED) is 0.303. The molecule has 0 aliphatic heterocycles. The Morgan fingerprint density at radius 2 is 1.90 bits per heavy atom. The number of nitrogens with zero attached hydrogens (tertiary/aromatic N) is 1. The Morgan fingerprint density at radius 1 is 1.15 bits per heavy atom. The Bertz CT molecular complexity index is 1700. The molecule has 1 aromatic heterocycles. The van der Waals surface area contributed by atoms with Gasteiger partial charge in [-0.05, 0) is 73.4 Å². The van der Waals surface area contributed by atoms with Crippen molar-refractivity contribution in [1.29, 1.82) is 0 Å². The van der Waals surface area contributed by atoms with E-state index in [0.29, 0.717) is 23.5 Å². The van der Waals surface area contributed by atoms with E-state index in [4.69, 9.17) is 10.5 Å². The Kier molecular flexibility index (Phi) is 7.37. The normalized spacial score (nSPS) is 16.4. The number of allylic oxidation sites excluding steroid dienone is 4. The second-order valence-electron chi connectivity index (χ2n) is 10.3. The van der Waals surface area contributed by atoms with E-state index >= 15 is 0 Å². The summed E-state index contributed by atoms with van der Waals surface area (Å²) in [5, 5.41) is 0.411. The number of rotatable bonds is 9. The number of benzene rings is 2. The molecule has 0 bridgehead atoms. The van der Waals surface area contributed by atoms with Crippen molar-refractivity contribution in [2.24, 2.45) is 11.7 Å². The lowest BCUT2D eigenvalue weighted by Crippen LogP contribution is -2.34. The lowest BCUT2D eigenvalue weighted by molar-refractivity contribution is -0.121. The van der Waals surface area contributed by atoms with Crippen LogP contribution in [0.1, 0.15) is 46.9 Å². The minimum absolute atomic E-state index is 0.0503. The molecule has 2 aliphatic carbocycles. The molecule has 2 aromatic carbocycles. The number of nitrogens with two attached hydrogens (primary N) is 1. The number of aryl methyl sites for hydroxylation is 2. The summed E-state index contributed by atoms with van der Waals surface area (Å²) in [6.07, 6.45) is 9.83. The highest BCUT2D eigenvalue weighted by atomic mass is 32.2. The maximum absolute atomic E-state index is 13.1. The number of primary amides is 1. The van der Waals surface area contributed by atoms with Crippen molar-refractivity contribution in [3.05, 3.63) is 82.6 Å². The van der Waals surface area contributed by atoms with Crippen LogP contribution in [0.25, 0.3) is 10.9 Å². The summed E-state index contributed by atoms with van der Waals surface area (Å²) >= 11 is 0. The number of ether oxygens (including phenoxy) is 1. The molecule has 2 amide bonds. The summed E-state index contributed by atoms with van der Waals surface area (Å²) in [5.41, 5.74) is 10.1. The van der Waals surface area contributed by atoms with Gasteiger partial charge in [-0.25, -0.2) is 13.1 Å². The summed E-state index contributed by atoms with van der Waals surface area (Å²) in [4.78, 5) is 37.9. The van der Waals surface area contributed by atoms with Crippen LogP contribution in [0.15, 0.2) is 65.1 Å². The summed E-state index contributed by atoms with van der Waals surface area (Å²) < 4.78 is 35.2. The first kappa shape index (κ1) is 27.4. The van der Waals surface area contributed by atoms with E-state index < -0.39 is 34.2 Å². The fourth-order valence-corrected chi connectivity index (χ4v) is 6.61. The van der Waals surface area contributed by atoms with Gasteiger partial charge in [-0.2, -0.15) is 0 Å². The van der Waals surface area contributed by atoms with Gasteiger partial charge in [0.05, 0.1) is 21.4 Å². The van der Waals surface area contributed by atoms with Crippen LogP contribution >= 0.6 is 0 Å². The first-order valence-electron chi connectivity index (χ1n) is 13.2. The fourth-order valence-electron chi connectivity index (χ4n) is 5.62. The molecule has 0 fully saturated rings. The minimum Gasteiger partial charge on any atom is -0.483 e. The molecule has 5 rings (SSSR count). The molecule has 208 valence electrons. The Balaban J connectivity index is 1.57. The zero-order valence-corrected chi connectivity index (χ0v) is 23.2. The Hall–Kier alpha value is -4.18. The van der Waals surface area contributed by atoms with Crippen LogP contribution in [0.4, 0.5) is 0 Å². The zero-order valence-electron chi connectivity index (χ0n) is 22.4. The van der Waals surface area contributed by atoms with E-state index in [9.17, 15) is 22.8 Å². The molecule has 0 saturated carbocycles. The zero-order chi connectivity index (χ0) is 28.6. The number of fused-ring (bicyclic) bond motifs is 3. The SMILES string of the molecule is Cc1c(C(=O)C(N)=O)c2c(OCC(=O)NS(=O)(=O)c3ccccc3)cc3c(c2n1CC1=CC(C)CC=C1)CCC3. The maximum Gasteiger partial charge on any atom is 0.289 e. The van der Waals surface area contributed by atoms with E-state index in [1.807, 2.05) is 9.29 Å². The molecule has 0 radical (unpaired) electrons. The van der Waals surface area contributed by atoms with Crippen molar-refractivity contribution in [3.8, 4) is 5.75 Å². The van der Waals surface area contributed by atoms with Crippen LogP contribution < -0.4 is 15.2 Å². The predicted octanol–water partition coefficient (Wildman–Crippen LogP) is 3.51. The van der Waals surface area contributed by atoms with Crippen LogP contribution in [0, 0.1) is 12.8 Å². The number of amides is 2. The molecule has 2 aliphatic rings. The van der Waals surface area contributed by atoms with E-state index in [-0.39, 0.29) is 16.2 Å². The topological polar surface area (TPSA) is 138 Å². The first-order chi connectivity index (χ1) is 19.1. The van der Waals surface area contributed by atoms with Crippen LogP contribution in [-0.4, -0.2) is 37.2 Å². The standard InChI is InChI=1S/C30H31N3O6S/c1-18-8-6-9-20(14-18)16-33-19(2)26(29(35)30(31)36)27-24(15-21-10-7-13-23(21)28(27)33)39-17-25(34)32-40(37,38)22-11-4-3-5-12-22/h3-6,9,11-12,14-15,18H,7-8,10,13,16-17H2,1-2H3,(H2,31,36)(H,32,34). The summed E-state index contributed by atoms with van der Waals surface area (Å²) in [6.45, 7) is 3.79. The molecule has 3 N–H and O–H groups in total. The van der Waals surface area contributed by atoms with Crippen LogP contribution in [0.3, 0.4) is 0 Å². The van der Waals surface area contributed by atoms with Crippen LogP contribution in [0.5, 0.6) is 5.75 Å². The largest absolute Gasteiger partial charge is 0.483 e. The smallest absolute Gasteiger partial charge is 0.289 e. The number of carbonyl (C=O) groups excluding carboxylic acids is 3. The van der Waals surface area contributed by atoms with Crippen LogP contribution in [0.2, 0.25) is 0 Å². The van der Waals surface area contributed by atoms with E-state index in [1.54, 1.807) is 31.2 Å². The van der Waals surface area contributed by atoms with Gasteiger partial charge < -0.3 is 15.0 Å². The predicted molar refractivity (Wildman–Crippen MR) is 150 cm³/mol. The van der Waals surface area contributed by atoms with E-state index in [2.05, 4.69) is 25.2 Å². The maximum atomic E-state index is 13.1. The highest BCUT2D eigenvalue weighted by Gasteiger charge is 2.31. The van der Waals surface area contributed by atoms with Gasteiger partial charge in [0.1, 0.15) is 5.75 Å². The molecule has 40 heavy (non-hydrogen) atoms. The van der Waals surface area contributed by atoms with Gasteiger partial charge in [0.25, 0.3) is 27.6 Å². The first-order valence-corrected chi connectivity index (χ1v) is 14.7. The van der Waals surface area contributed by atoms with Gasteiger partial charge in [-0.15, -0.1) is 0 Å². The third kappa shape index (κ3) is 5.19. The van der Waals surface area contributed by atoms with Crippen molar-refractivity contribution < 1.29 is 27.5 Å². The number of Topliss-reactive ketones (excluding diaryl/α,β-unsaturated/α-hetero) is 1. The molecule has 1 unspecified atom stereocenters. The highest BCUT2D eigenvalue weighted by molar-refractivity contribution is 7.90. The second-order valence-corrected chi connectivity index (χ2v) is 12.0. The van der Waals surface area contributed by atoms with Gasteiger partial charge in [-0.1, -0.05) is 43.4 Å². The molecule has 3 aromatic rings. The van der Waals surface area contributed by atoms with Crippen molar-refractivity contribution in [2.45, 2.75) is 51.0 Å². The fraction of sp³-hybridized carbons (Fsp3) is 0.300.